The van der Waals surface area contributed by atoms with Crippen LogP contribution in [-0.4, -0.2) is 57.1 Å². The fourth-order valence-electron chi connectivity index (χ4n) is 2.91. The van der Waals surface area contributed by atoms with E-state index in [9.17, 15) is 9.59 Å². The maximum atomic E-state index is 12.4. The van der Waals surface area contributed by atoms with Gasteiger partial charge in [0, 0.05) is 13.1 Å². The minimum Gasteiger partial charge on any atom is -0.444 e. The lowest BCUT2D eigenvalue weighted by molar-refractivity contribution is -0.107. The number of hydrogen-bond acceptors (Lipinski definition) is 5. The first-order chi connectivity index (χ1) is 11.5. The summed E-state index contributed by atoms with van der Waals surface area (Å²) in [6.07, 6.45) is 1.04. The summed E-state index contributed by atoms with van der Waals surface area (Å²) >= 11 is 16.2. The van der Waals surface area contributed by atoms with E-state index in [0.29, 0.717) is 13.1 Å². The van der Waals surface area contributed by atoms with Crippen molar-refractivity contribution in [3.05, 3.63) is 10.7 Å². The average molecular weight is 408 g/mol. The molecule has 0 bridgehead atoms. The summed E-state index contributed by atoms with van der Waals surface area (Å²) in [6, 6.07) is -0.0746. The smallest absolute Gasteiger partial charge is 0.410 e. The molecule has 1 unspecified atom stereocenters. The van der Waals surface area contributed by atoms with Crippen LogP contribution >= 0.6 is 35.8 Å². The Morgan fingerprint density at radius 3 is 2.56 bits per heavy atom. The molecule has 1 fully saturated rings. The Morgan fingerprint density at radius 2 is 2.00 bits per heavy atom. The molecule has 2 rings (SSSR count). The third kappa shape index (κ3) is 4.83. The second-order valence-corrected chi connectivity index (χ2v) is 8.27. The highest BCUT2D eigenvalue weighted by atomic mass is 35.5. The minimum absolute atomic E-state index is 0.0594. The fraction of sp³-hybridized carbons (Fsp3) is 0.688. The number of halogens is 2. The Labute approximate surface area is 163 Å². The van der Waals surface area contributed by atoms with Crippen LogP contribution < -0.4 is 0 Å². The quantitative estimate of drug-likeness (QED) is 0.573. The largest absolute Gasteiger partial charge is 0.444 e. The first-order valence-corrected chi connectivity index (χ1v) is 9.34. The van der Waals surface area contributed by atoms with Crippen molar-refractivity contribution in [3.63, 3.8) is 0 Å². The zero-order valence-electron chi connectivity index (χ0n) is 14.8. The standard InChI is InChI=1S/C16H23Cl2N3O3S/c1-9-19-12(17)11(14(22)25)13(18)21(9)8-10-6-5-7-20(10)15(23)24-16(2,3)4/h9-10H,5-8H2,1-4H3,(H,22,25)/t9-,10?/m1/s1. The zero-order valence-corrected chi connectivity index (χ0v) is 17.2. The van der Waals surface area contributed by atoms with Gasteiger partial charge in [-0.05, 0) is 40.5 Å². The summed E-state index contributed by atoms with van der Waals surface area (Å²) in [4.78, 5) is 31.8. The molecule has 6 nitrogen and oxygen atoms in total. The van der Waals surface area contributed by atoms with Crippen molar-refractivity contribution in [3.8, 4) is 0 Å². The third-order valence-electron chi connectivity index (χ3n) is 4.04. The van der Waals surface area contributed by atoms with E-state index in [4.69, 9.17) is 27.9 Å². The van der Waals surface area contributed by atoms with Gasteiger partial charge in [-0.25, -0.2) is 9.79 Å². The molecular formula is C16H23Cl2N3O3S. The molecule has 0 aromatic heterocycles. The van der Waals surface area contributed by atoms with Gasteiger partial charge in [0.15, 0.2) is 0 Å². The van der Waals surface area contributed by atoms with Gasteiger partial charge in [0.2, 0.25) is 5.12 Å². The second kappa shape index (κ2) is 7.76. The van der Waals surface area contributed by atoms with Crippen molar-refractivity contribution < 1.29 is 14.3 Å². The molecule has 0 aromatic carbocycles. The summed E-state index contributed by atoms with van der Waals surface area (Å²) in [5.41, 5.74) is -0.463. The lowest BCUT2D eigenvalue weighted by atomic mass is 10.2. The van der Waals surface area contributed by atoms with Gasteiger partial charge in [-0.2, -0.15) is 0 Å². The number of carbonyl (C=O) groups excluding carboxylic acids is 2. The molecule has 9 heteroatoms. The van der Waals surface area contributed by atoms with E-state index in [1.54, 1.807) is 9.80 Å². The molecule has 2 aliphatic heterocycles. The number of ether oxygens (including phenoxy) is 1. The lowest BCUT2D eigenvalue weighted by Gasteiger charge is -2.37. The zero-order chi connectivity index (χ0) is 18.9. The average Bonchev–Trinajstić information content (AvgIpc) is 2.89. The minimum atomic E-state index is -0.552. The summed E-state index contributed by atoms with van der Waals surface area (Å²) in [5.74, 6) is 0. The van der Waals surface area contributed by atoms with Gasteiger partial charge in [-0.1, -0.05) is 23.2 Å². The molecule has 1 amide bonds. The van der Waals surface area contributed by atoms with Gasteiger partial charge >= 0.3 is 6.09 Å². The SMILES string of the molecule is C[C@@H]1N=C(Cl)C(C(=O)S)=C(Cl)N1CC1CCCN1C(=O)OC(C)(C)C. The van der Waals surface area contributed by atoms with Gasteiger partial charge in [0.1, 0.15) is 27.7 Å². The molecule has 0 spiro atoms. The Bertz CT molecular complexity index is 631. The van der Waals surface area contributed by atoms with Gasteiger partial charge in [-0.3, -0.25) is 4.79 Å². The van der Waals surface area contributed by atoms with Gasteiger partial charge in [0.05, 0.1) is 6.04 Å². The van der Waals surface area contributed by atoms with E-state index in [1.165, 1.54) is 0 Å². The molecule has 0 aliphatic carbocycles. The summed E-state index contributed by atoms with van der Waals surface area (Å²) in [7, 11) is 0. The molecule has 0 radical (unpaired) electrons. The number of amides is 1. The molecule has 140 valence electrons. The Morgan fingerprint density at radius 1 is 1.36 bits per heavy atom. The second-order valence-electron chi connectivity index (χ2n) is 7.14. The van der Waals surface area contributed by atoms with Crippen molar-refractivity contribution in [2.24, 2.45) is 4.99 Å². The number of thiol groups is 1. The number of likely N-dealkylation sites (tertiary alicyclic amines) is 1. The third-order valence-corrected chi connectivity index (χ3v) is 4.96. The monoisotopic (exact) mass is 407 g/mol. The maximum absolute atomic E-state index is 12.4. The topological polar surface area (TPSA) is 62.2 Å². The maximum Gasteiger partial charge on any atom is 0.410 e. The summed E-state index contributed by atoms with van der Waals surface area (Å²) in [6.45, 7) is 8.41. The fourth-order valence-corrected chi connectivity index (χ4v) is 4.01. The normalized spacial score (nSPS) is 24.5. The molecule has 0 aromatic rings. The summed E-state index contributed by atoms with van der Waals surface area (Å²) in [5, 5.41) is -0.265. The Balaban J connectivity index is 2.17. The van der Waals surface area contributed by atoms with Crippen LogP contribution in [0.25, 0.3) is 0 Å². The molecule has 2 heterocycles. The number of nitrogens with zero attached hydrogens (tertiary/aromatic N) is 3. The molecular weight excluding hydrogens is 385 g/mol. The van der Waals surface area contributed by atoms with Crippen molar-refractivity contribution in [1.29, 1.82) is 0 Å². The van der Waals surface area contributed by atoms with Crippen LogP contribution in [0.4, 0.5) is 4.79 Å². The van der Waals surface area contributed by atoms with E-state index < -0.39 is 10.7 Å². The van der Waals surface area contributed by atoms with Crippen LogP contribution in [-0.2, 0) is 9.53 Å². The first-order valence-electron chi connectivity index (χ1n) is 8.14. The van der Waals surface area contributed by atoms with Crippen LogP contribution in [0, 0.1) is 0 Å². The van der Waals surface area contributed by atoms with Crippen molar-refractivity contribution in [2.45, 2.75) is 58.3 Å². The van der Waals surface area contributed by atoms with Crippen molar-refractivity contribution in [1.82, 2.24) is 9.80 Å². The van der Waals surface area contributed by atoms with Crippen LogP contribution in [0.15, 0.2) is 15.7 Å². The Hall–Kier alpha value is -0.920. The molecule has 0 saturated carbocycles. The lowest BCUT2D eigenvalue weighted by Crippen LogP contribution is -2.47. The highest BCUT2D eigenvalue weighted by Gasteiger charge is 2.36. The van der Waals surface area contributed by atoms with E-state index in [-0.39, 0.29) is 34.2 Å². The van der Waals surface area contributed by atoms with E-state index in [0.717, 1.165) is 12.8 Å². The number of carbonyl (C=O) groups is 2. The van der Waals surface area contributed by atoms with Crippen LogP contribution in [0.1, 0.15) is 40.5 Å². The molecule has 2 atom stereocenters. The molecule has 2 aliphatic rings. The number of hydrogen-bond donors (Lipinski definition) is 1. The van der Waals surface area contributed by atoms with Crippen LogP contribution in [0.2, 0.25) is 0 Å². The van der Waals surface area contributed by atoms with Gasteiger partial charge in [0.25, 0.3) is 0 Å². The van der Waals surface area contributed by atoms with Gasteiger partial charge in [-0.15, -0.1) is 12.6 Å². The Kier molecular flexibility index (Phi) is 6.33. The van der Waals surface area contributed by atoms with Gasteiger partial charge < -0.3 is 14.5 Å². The van der Waals surface area contributed by atoms with Crippen LogP contribution in [0.5, 0.6) is 0 Å². The summed E-state index contributed by atoms with van der Waals surface area (Å²) < 4.78 is 5.48. The predicted molar refractivity (Wildman–Crippen MR) is 102 cm³/mol. The molecule has 0 N–H and O–H groups in total. The van der Waals surface area contributed by atoms with Crippen molar-refractivity contribution >= 4 is 52.2 Å². The first kappa shape index (κ1) is 20.4. The number of aliphatic imine (C=N–C) groups is 1. The van der Waals surface area contributed by atoms with E-state index >= 15 is 0 Å². The van der Waals surface area contributed by atoms with E-state index in [2.05, 4.69) is 17.6 Å². The highest BCUT2D eigenvalue weighted by Crippen LogP contribution is 2.31. The van der Waals surface area contributed by atoms with Crippen molar-refractivity contribution in [2.75, 3.05) is 13.1 Å². The van der Waals surface area contributed by atoms with Crippen LogP contribution in [0.3, 0.4) is 0 Å². The van der Waals surface area contributed by atoms with E-state index in [1.807, 2.05) is 27.7 Å². The predicted octanol–water partition coefficient (Wildman–Crippen LogP) is 3.59. The molecule has 25 heavy (non-hydrogen) atoms. The highest BCUT2D eigenvalue weighted by molar-refractivity contribution is 7.97. The molecule has 1 saturated heterocycles. The number of rotatable bonds is 3.